The summed E-state index contributed by atoms with van der Waals surface area (Å²) in [4.78, 5) is 9.32. The summed E-state index contributed by atoms with van der Waals surface area (Å²) in [6, 6.07) is 56.2. The van der Waals surface area contributed by atoms with Crippen molar-refractivity contribution in [2.24, 2.45) is 0 Å². The van der Waals surface area contributed by atoms with Crippen LogP contribution >= 0.6 is 0 Å². The van der Waals surface area contributed by atoms with Gasteiger partial charge in [-0.15, -0.1) is 53.6 Å². The molecule has 0 bridgehead atoms. The maximum Gasteiger partial charge on any atom is 0.135 e. The minimum Gasteiger partial charge on any atom is -0.509 e. The van der Waals surface area contributed by atoms with Crippen molar-refractivity contribution in [3.63, 3.8) is 0 Å². The summed E-state index contributed by atoms with van der Waals surface area (Å²) in [6.45, 7) is 15.5. The molecule has 0 unspecified atom stereocenters. The van der Waals surface area contributed by atoms with E-state index in [1.54, 1.807) is 0 Å². The van der Waals surface area contributed by atoms with E-state index in [1.807, 2.05) is 12.3 Å². The molecule has 8 aromatic rings. The maximum atomic E-state index is 6.75. The second-order valence-electron chi connectivity index (χ2n) is 16.3. The third kappa shape index (κ3) is 6.90. The molecule has 5 nitrogen and oxygen atoms in total. The molecular formula is C50H43N4OPt-3. The zero-order valence-electron chi connectivity index (χ0n) is 32.4. The van der Waals surface area contributed by atoms with Gasteiger partial charge in [-0.3, -0.25) is 0 Å². The molecule has 3 heterocycles. The Kier molecular flexibility index (Phi) is 9.63. The van der Waals surface area contributed by atoms with E-state index in [1.165, 1.54) is 16.7 Å². The van der Waals surface area contributed by atoms with Gasteiger partial charge in [0.15, 0.2) is 0 Å². The number of rotatable bonds is 6. The molecule has 56 heavy (non-hydrogen) atoms. The van der Waals surface area contributed by atoms with Crippen molar-refractivity contribution in [2.45, 2.75) is 52.4 Å². The molecule has 0 spiro atoms. The van der Waals surface area contributed by atoms with Gasteiger partial charge >= 0.3 is 0 Å². The summed E-state index contributed by atoms with van der Waals surface area (Å²) < 4.78 is 8.95. The first-order valence-electron chi connectivity index (χ1n) is 18.9. The van der Waals surface area contributed by atoms with Crippen LogP contribution in [0.3, 0.4) is 0 Å². The fraction of sp³-hybridized carbons (Fsp3) is 0.160. The SMILES string of the molecule is CC(C)(C)c1cc(Oc2[c-]c3c(cc2)c2ccccc2n3-c2cc(C(C)(C)C)ccn2)[c-]c(N2[CH-]N(c3cccc(-c4ccccc4)c3)c3ccccc32)c1.[Pt]. The molecule has 0 atom stereocenters. The zero-order chi connectivity index (χ0) is 37.9. The zero-order valence-corrected chi connectivity index (χ0v) is 34.7. The molecule has 0 amide bonds. The van der Waals surface area contributed by atoms with E-state index >= 15 is 0 Å². The number of pyridine rings is 1. The Morgan fingerprint density at radius 1 is 0.571 bits per heavy atom. The molecular weight excluding hydrogens is 868 g/mol. The van der Waals surface area contributed by atoms with E-state index in [-0.39, 0.29) is 31.9 Å². The minimum absolute atomic E-state index is 0. The minimum atomic E-state index is -0.144. The molecule has 9 rings (SSSR count). The Morgan fingerprint density at radius 3 is 2.04 bits per heavy atom. The summed E-state index contributed by atoms with van der Waals surface area (Å²) in [5.74, 6) is 2.10. The quantitative estimate of drug-likeness (QED) is 0.156. The van der Waals surface area contributed by atoms with Crippen LogP contribution in [0.4, 0.5) is 22.7 Å². The van der Waals surface area contributed by atoms with Gasteiger partial charge in [-0.1, -0.05) is 120 Å². The van der Waals surface area contributed by atoms with E-state index in [0.29, 0.717) is 11.5 Å². The molecule has 0 fully saturated rings. The summed E-state index contributed by atoms with van der Waals surface area (Å²) in [5, 5.41) is 2.24. The van der Waals surface area contributed by atoms with Gasteiger partial charge in [0.05, 0.1) is 0 Å². The van der Waals surface area contributed by atoms with E-state index in [9.17, 15) is 0 Å². The molecule has 6 heteroatoms. The molecule has 6 aromatic carbocycles. The molecule has 0 N–H and O–H groups in total. The van der Waals surface area contributed by atoms with Crippen LogP contribution < -0.4 is 14.5 Å². The van der Waals surface area contributed by atoms with Gasteiger partial charge in [-0.2, -0.15) is 6.07 Å². The molecule has 0 aliphatic carbocycles. The molecule has 0 saturated heterocycles. The van der Waals surface area contributed by atoms with E-state index in [4.69, 9.17) is 9.72 Å². The largest absolute Gasteiger partial charge is 0.509 e. The Bertz CT molecular complexity index is 2700. The first-order chi connectivity index (χ1) is 26.5. The first kappa shape index (κ1) is 37.3. The van der Waals surface area contributed by atoms with Crippen molar-refractivity contribution >= 4 is 44.6 Å². The third-order valence-corrected chi connectivity index (χ3v) is 10.4. The standard InChI is InChI=1S/C50H43N4O.Pt/c1-49(2,3)36-25-26-51-48(30-36)54-44-20-11-10-19-42(44)43-24-23-40(32-47(43)54)55-41-29-37(50(4,5)6)28-39(31-41)53-33-52(45-21-12-13-22-46(45)53)38-18-14-17-35(27-38)34-15-8-7-9-16-34;/h7-30,33H,1-6H3;/q-3;. The average Bonchev–Trinajstić information content (AvgIpc) is 3.74. The number of benzene rings is 6. The van der Waals surface area contributed by atoms with Crippen molar-refractivity contribution in [3.05, 3.63) is 176 Å². The number of fused-ring (bicyclic) bond motifs is 4. The van der Waals surface area contributed by atoms with Gasteiger partial charge in [-0.25, -0.2) is 4.98 Å². The first-order valence-corrected chi connectivity index (χ1v) is 18.9. The Balaban J connectivity index is 0.00000441. The molecule has 0 saturated carbocycles. The fourth-order valence-electron chi connectivity index (χ4n) is 7.42. The summed E-state index contributed by atoms with van der Waals surface area (Å²) in [7, 11) is 0. The molecule has 1 aliphatic heterocycles. The van der Waals surface area contributed by atoms with Crippen molar-refractivity contribution in [2.75, 3.05) is 9.80 Å². The monoisotopic (exact) mass is 910 g/mol. The van der Waals surface area contributed by atoms with Gasteiger partial charge in [0.1, 0.15) is 5.82 Å². The van der Waals surface area contributed by atoms with Crippen LogP contribution in [0.1, 0.15) is 52.7 Å². The van der Waals surface area contributed by atoms with E-state index < -0.39 is 0 Å². The smallest absolute Gasteiger partial charge is 0.135 e. The number of hydrogen-bond donors (Lipinski definition) is 0. The number of nitrogens with zero attached hydrogens (tertiary/aromatic N) is 4. The van der Waals surface area contributed by atoms with Gasteiger partial charge < -0.3 is 19.1 Å². The van der Waals surface area contributed by atoms with Crippen molar-refractivity contribution < 1.29 is 25.8 Å². The third-order valence-electron chi connectivity index (χ3n) is 10.4. The van der Waals surface area contributed by atoms with Crippen LogP contribution in [0.15, 0.2) is 146 Å². The molecule has 2 aromatic heterocycles. The number of anilines is 4. The van der Waals surface area contributed by atoms with Crippen LogP contribution in [-0.4, -0.2) is 9.55 Å². The van der Waals surface area contributed by atoms with Crippen LogP contribution in [-0.2, 0) is 31.9 Å². The van der Waals surface area contributed by atoms with Crippen LogP contribution in [0.5, 0.6) is 11.5 Å². The normalized spacial score (nSPS) is 12.9. The van der Waals surface area contributed by atoms with Gasteiger partial charge in [0.25, 0.3) is 0 Å². The average molecular weight is 911 g/mol. The molecule has 0 radical (unpaired) electrons. The second-order valence-corrected chi connectivity index (χ2v) is 16.3. The number of aromatic nitrogens is 2. The topological polar surface area (TPSA) is 33.5 Å². The number of para-hydroxylation sites is 3. The Labute approximate surface area is 344 Å². The molecule has 282 valence electrons. The van der Waals surface area contributed by atoms with E-state index in [2.05, 4.69) is 208 Å². The summed E-state index contributed by atoms with van der Waals surface area (Å²) in [5.41, 5.74) is 10.7. The Hall–Kier alpha value is -5.64. The van der Waals surface area contributed by atoms with Crippen LogP contribution in [0.25, 0.3) is 38.8 Å². The molecule has 1 aliphatic rings. The second kappa shape index (κ2) is 14.5. The number of ether oxygens (including phenoxy) is 1. The number of hydrogen-bond acceptors (Lipinski definition) is 4. The van der Waals surface area contributed by atoms with Crippen molar-refractivity contribution in [1.29, 1.82) is 0 Å². The predicted octanol–water partition coefficient (Wildman–Crippen LogP) is 13.2. The van der Waals surface area contributed by atoms with Crippen molar-refractivity contribution in [1.82, 2.24) is 9.55 Å². The van der Waals surface area contributed by atoms with Gasteiger partial charge in [-0.05, 0) is 75.4 Å². The van der Waals surface area contributed by atoms with E-state index in [0.717, 1.165) is 55.9 Å². The van der Waals surface area contributed by atoms with Crippen molar-refractivity contribution in [3.8, 4) is 28.4 Å². The Morgan fingerprint density at radius 2 is 1.27 bits per heavy atom. The maximum absolute atomic E-state index is 6.75. The van der Waals surface area contributed by atoms with Crippen LogP contribution in [0, 0.1) is 18.8 Å². The fourth-order valence-corrected chi connectivity index (χ4v) is 7.42. The van der Waals surface area contributed by atoms with Gasteiger partial charge in [0.2, 0.25) is 0 Å². The predicted molar refractivity (Wildman–Crippen MR) is 227 cm³/mol. The van der Waals surface area contributed by atoms with Gasteiger partial charge in [0, 0.05) is 61.3 Å². The summed E-state index contributed by atoms with van der Waals surface area (Å²) in [6.07, 6.45) is 1.90. The van der Waals surface area contributed by atoms with Crippen LogP contribution in [0.2, 0.25) is 0 Å². The summed E-state index contributed by atoms with van der Waals surface area (Å²) >= 11 is 0.